The minimum atomic E-state index is 0.708. The SMILES string of the molecule is Cc1c(Cl)cccc1N=Nc1ccc(N(C)C)cc1. The van der Waals surface area contributed by atoms with E-state index in [-0.39, 0.29) is 0 Å². The van der Waals surface area contributed by atoms with Crippen LogP contribution in [0.15, 0.2) is 52.7 Å². The summed E-state index contributed by atoms with van der Waals surface area (Å²) in [6.07, 6.45) is 0. The van der Waals surface area contributed by atoms with Crippen LogP contribution in [0.5, 0.6) is 0 Å². The molecule has 0 radical (unpaired) electrons. The molecule has 0 aliphatic carbocycles. The highest BCUT2D eigenvalue weighted by Gasteiger charge is 2.00. The predicted molar refractivity (Wildman–Crippen MR) is 81.1 cm³/mol. The Hall–Kier alpha value is -1.87. The Balaban J connectivity index is 2.20. The summed E-state index contributed by atoms with van der Waals surface area (Å²) in [6, 6.07) is 13.5. The Morgan fingerprint density at radius 2 is 1.63 bits per heavy atom. The zero-order chi connectivity index (χ0) is 13.8. The molecule has 0 heterocycles. The normalized spacial score (nSPS) is 10.9. The molecular weight excluding hydrogens is 258 g/mol. The first-order valence-electron chi connectivity index (χ1n) is 6.02. The average molecular weight is 274 g/mol. The molecule has 2 aromatic rings. The van der Waals surface area contributed by atoms with Gasteiger partial charge in [0.15, 0.2) is 0 Å². The van der Waals surface area contributed by atoms with Gasteiger partial charge in [0.25, 0.3) is 0 Å². The van der Waals surface area contributed by atoms with Crippen LogP contribution in [0.1, 0.15) is 5.56 Å². The molecule has 0 amide bonds. The Bertz CT molecular complexity index is 589. The van der Waals surface area contributed by atoms with Crippen LogP contribution in [-0.2, 0) is 0 Å². The van der Waals surface area contributed by atoms with Gasteiger partial charge in [0.05, 0.1) is 11.4 Å². The lowest BCUT2D eigenvalue weighted by Crippen LogP contribution is -2.07. The maximum atomic E-state index is 6.04. The molecule has 0 aromatic heterocycles. The highest BCUT2D eigenvalue weighted by Crippen LogP contribution is 2.27. The number of nitrogens with zero attached hydrogens (tertiary/aromatic N) is 3. The van der Waals surface area contributed by atoms with Gasteiger partial charge in [-0.05, 0) is 48.9 Å². The molecule has 4 heteroatoms. The molecule has 0 spiro atoms. The zero-order valence-corrected chi connectivity index (χ0v) is 12.0. The van der Waals surface area contributed by atoms with Gasteiger partial charge in [-0.1, -0.05) is 17.7 Å². The van der Waals surface area contributed by atoms with E-state index in [1.807, 2.05) is 68.4 Å². The van der Waals surface area contributed by atoms with Crippen molar-refractivity contribution >= 4 is 28.7 Å². The van der Waals surface area contributed by atoms with Crippen LogP contribution in [0.4, 0.5) is 17.1 Å². The fourth-order valence-electron chi connectivity index (χ4n) is 1.63. The largest absolute Gasteiger partial charge is 0.378 e. The van der Waals surface area contributed by atoms with Crippen molar-refractivity contribution in [3.8, 4) is 0 Å². The Morgan fingerprint density at radius 1 is 0.947 bits per heavy atom. The summed E-state index contributed by atoms with van der Waals surface area (Å²) in [7, 11) is 4.01. The monoisotopic (exact) mass is 273 g/mol. The second-order valence-electron chi connectivity index (χ2n) is 4.49. The highest BCUT2D eigenvalue weighted by atomic mass is 35.5. The van der Waals surface area contributed by atoms with Crippen molar-refractivity contribution in [1.29, 1.82) is 0 Å². The van der Waals surface area contributed by atoms with Gasteiger partial charge in [0.1, 0.15) is 0 Å². The van der Waals surface area contributed by atoms with E-state index in [1.54, 1.807) is 0 Å². The van der Waals surface area contributed by atoms with Gasteiger partial charge >= 0.3 is 0 Å². The van der Waals surface area contributed by atoms with Gasteiger partial charge < -0.3 is 4.90 Å². The summed E-state index contributed by atoms with van der Waals surface area (Å²) in [5.41, 5.74) is 3.70. The fourth-order valence-corrected chi connectivity index (χ4v) is 1.80. The van der Waals surface area contributed by atoms with E-state index in [2.05, 4.69) is 10.2 Å². The van der Waals surface area contributed by atoms with Gasteiger partial charge in [-0.25, -0.2) is 0 Å². The Kier molecular flexibility index (Phi) is 4.17. The number of hydrogen-bond acceptors (Lipinski definition) is 3. The zero-order valence-electron chi connectivity index (χ0n) is 11.3. The summed E-state index contributed by atoms with van der Waals surface area (Å²) in [6.45, 7) is 1.94. The van der Waals surface area contributed by atoms with E-state index in [9.17, 15) is 0 Å². The number of azo groups is 1. The van der Waals surface area contributed by atoms with Crippen LogP contribution >= 0.6 is 11.6 Å². The quantitative estimate of drug-likeness (QED) is 0.713. The van der Waals surface area contributed by atoms with Gasteiger partial charge in [-0.2, -0.15) is 10.2 Å². The molecule has 3 nitrogen and oxygen atoms in total. The van der Waals surface area contributed by atoms with E-state index in [1.165, 1.54) is 0 Å². The van der Waals surface area contributed by atoms with Crippen LogP contribution in [-0.4, -0.2) is 14.1 Å². The van der Waals surface area contributed by atoms with Crippen molar-refractivity contribution in [1.82, 2.24) is 0 Å². The second-order valence-corrected chi connectivity index (χ2v) is 4.90. The van der Waals surface area contributed by atoms with Crippen molar-refractivity contribution in [3.05, 3.63) is 53.1 Å². The molecule has 2 rings (SSSR count). The molecule has 0 aliphatic rings. The average Bonchev–Trinajstić information content (AvgIpc) is 2.41. The number of benzene rings is 2. The van der Waals surface area contributed by atoms with Crippen LogP contribution in [0, 0.1) is 6.92 Å². The van der Waals surface area contributed by atoms with Crippen LogP contribution in [0.3, 0.4) is 0 Å². The number of rotatable bonds is 3. The van der Waals surface area contributed by atoms with Crippen molar-refractivity contribution in [2.75, 3.05) is 19.0 Å². The number of halogens is 1. The summed E-state index contributed by atoms with van der Waals surface area (Å²) in [5, 5.41) is 9.17. The maximum absolute atomic E-state index is 6.04. The van der Waals surface area contributed by atoms with Crippen molar-refractivity contribution in [3.63, 3.8) is 0 Å². The van der Waals surface area contributed by atoms with Crippen LogP contribution in [0.2, 0.25) is 5.02 Å². The predicted octanol–water partition coefficient (Wildman–Crippen LogP) is 5.13. The lowest BCUT2D eigenvalue weighted by molar-refractivity contribution is 1.13. The third-order valence-electron chi connectivity index (χ3n) is 2.88. The molecule has 0 saturated carbocycles. The number of anilines is 1. The van der Waals surface area contributed by atoms with E-state index in [4.69, 9.17) is 11.6 Å². The smallest absolute Gasteiger partial charge is 0.0901 e. The van der Waals surface area contributed by atoms with E-state index in [0.29, 0.717) is 5.02 Å². The summed E-state index contributed by atoms with van der Waals surface area (Å²) < 4.78 is 0. The second kappa shape index (κ2) is 5.85. The molecule has 0 N–H and O–H groups in total. The lowest BCUT2D eigenvalue weighted by Gasteiger charge is -2.11. The topological polar surface area (TPSA) is 28.0 Å². The maximum Gasteiger partial charge on any atom is 0.0901 e. The standard InChI is InChI=1S/C15H16ClN3/c1-11-14(16)5-4-6-15(11)18-17-12-7-9-13(10-8-12)19(2)3/h4-10H,1-3H3. The van der Waals surface area contributed by atoms with Crippen LogP contribution in [0.25, 0.3) is 0 Å². The van der Waals surface area contributed by atoms with Gasteiger partial charge in [-0.3, -0.25) is 0 Å². The van der Waals surface area contributed by atoms with Gasteiger partial charge in [-0.15, -0.1) is 0 Å². The molecule has 98 valence electrons. The molecule has 2 aromatic carbocycles. The first-order chi connectivity index (χ1) is 9.08. The van der Waals surface area contributed by atoms with Crippen molar-refractivity contribution in [2.24, 2.45) is 10.2 Å². The molecule has 0 aliphatic heterocycles. The third kappa shape index (κ3) is 3.32. The van der Waals surface area contributed by atoms with Gasteiger partial charge in [0, 0.05) is 24.8 Å². The molecule has 0 atom stereocenters. The molecule has 0 unspecified atom stereocenters. The highest BCUT2D eigenvalue weighted by molar-refractivity contribution is 6.31. The first kappa shape index (κ1) is 13.6. The van der Waals surface area contributed by atoms with Crippen LogP contribution < -0.4 is 4.90 Å². The molecule has 0 saturated heterocycles. The number of hydrogen-bond donors (Lipinski definition) is 0. The first-order valence-corrected chi connectivity index (χ1v) is 6.40. The third-order valence-corrected chi connectivity index (χ3v) is 3.29. The molecule has 19 heavy (non-hydrogen) atoms. The van der Waals surface area contributed by atoms with Gasteiger partial charge in [0.2, 0.25) is 0 Å². The van der Waals surface area contributed by atoms with Crippen molar-refractivity contribution in [2.45, 2.75) is 6.92 Å². The fraction of sp³-hybridized carbons (Fsp3) is 0.200. The summed E-state index contributed by atoms with van der Waals surface area (Å²) in [5.74, 6) is 0. The molecule has 0 fully saturated rings. The molecular formula is C15H16ClN3. The lowest BCUT2D eigenvalue weighted by atomic mass is 10.2. The summed E-state index contributed by atoms with van der Waals surface area (Å²) >= 11 is 6.04. The van der Waals surface area contributed by atoms with E-state index in [0.717, 1.165) is 22.6 Å². The minimum Gasteiger partial charge on any atom is -0.378 e. The minimum absolute atomic E-state index is 0.708. The Labute approximate surface area is 118 Å². The summed E-state index contributed by atoms with van der Waals surface area (Å²) in [4.78, 5) is 2.04. The Morgan fingerprint density at radius 3 is 2.26 bits per heavy atom. The van der Waals surface area contributed by atoms with E-state index >= 15 is 0 Å². The van der Waals surface area contributed by atoms with Crippen molar-refractivity contribution < 1.29 is 0 Å². The molecule has 0 bridgehead atoms. The van der Waals surface area contributed by atoms with E-state index < -0.39 is 0 Å².